The number of carboxylic acids is 1. The zero-order chi connectivity index (χ0) is 16.5. The van der Waals surface area contributed by atoms with E-state index in [2.05, 4.69) is 10.1 Å². The number of amides is 1. The molecule has 1 heterocycles. The minimum Gasteiger partial charge on any atom is -0.480 e. The quantitative estimate of drug-likeness (QED) is 0.378. The van der Waals surface area contributed by atoms with E-state index in [1.807, 2.05) is 0 Å². The molecule has 1 aromatic heterocycles. The number of nitrogens with zero attached hydrogens (tertiary/aromatic N) is 2. The van der Waals surface area contributed by atoms with Crippen molar-refractivity contribution in [3.63, 3.8) is 0 Å². The predicted octanol–water partition coefficient (Wildman–Crippen LogP) is 0.186. The van der Waals surface area contributed by atoms with Crippen LogP contribution in [0.3, 0.4) is 0 Å². The second-order valence-electron chi connectivity index (χ2n) is 4.28. The van der Waals surface area contributed by atoms with Gasteiger partial charge in [-0.3, -0.25) is 9.59 Å². The minimum atomic E-state index is -1.30. The molecular weight excluding hydrogens is 294 g/mol. The monoisotopic (exact) mass is 309 g/mol. The van der Waals surface area contributed by atoms with Crippen LogP contribution in [0.1, 0.15) is 24.7 Å². The second kappa shape index (κ2) is 8.50. The van der Waals surface area contributed by atoms with Gasteiger partial charge in [0.05, 0.1) is 6.26 Å². The van der Waals surface area contributed by atoms with Crippen LogP contribution in [-0.4, -0.2) is 46.9 Å². The number of Topliss-reactive ketones (excluding diaryl/α,β-unsaturated/α-hetero) is 1. The highest BCUT2D eigenvalue weighted by Gasteiger charge is 2.28. The highest BCUT2D eigenvalue weighted by atomic mass is 16.5. The van der Waals surface area contributed by atoms with Gasteiger partial charge < -0.3 is 25.1 Å². The van der Waals surface area contributed by atoms with E-state index in [0.717, 1.165) is 0 Å². The number of ketones is 1. The highest BCUT2D eigenvalue weighted by Crippen LogP contribution is 2.17. The van der Waals surface area contributed by atoms with Gasteiger partial charge in [0.25, 0.3) is 5.91 Å². The molecule has 0 aliphatic rings. The van der Waals surface area contributed by atoms with E-state index in [9.17, 15) is 14.4 Å². The maximum absolute atomic E-state index is 12.0. The van der Waals surface area contributed by atoms with E-state index in [1.165, 1.54) is 19.4 Å². The van der Waals surface area contributed by atoms with Crippen molar-refractivity contribution in [2.45, 2.75) is 25.0 Å². The molecule has 1 amide bonds. The molecule has 22 heavy (non-hydrogen) atoms. The average molecular weight is 309 g/mol. The normalized spacial score (nSPS) is 12.8. The Morgan fingerprint density at radius 3 is 2.77 bits per heavy atom. The Hall–Kier alpha value is -2.77. The Morgan fingerprint density at radius 2 is 2.27 bits per heavy atom. The fraction of sp³-hybridized carbons (Fsp3) is 0.385. The first kappa shape index (κ1) is 17.3. The zero-order valence-corrected chi connectivity index (χ0v) is 11.8. The Morgan fingerprint density at radius 1 is 1.55 bits per heavy atom. The van der Waals surface area contributed by atoms with Crippen molar-refractivity contribution in [3.05, 3.63) is 29.7 Å². The first-order chi connectivity index (χ1) is 10.5. The van der Waals surface area contributed by atoms with Crippen LogP contribution in [0.5, 0.6) is 0 Å². The standard InChI is InChI=1S/C13H15N3O6/c1-21-11(10-3-2-6-22-10)12(18)16-9(13(19)20)5-4-8(17)7-15-14/h2-3,6-7,9,11H,4-5H2,1H3,(H,16,18)(H,19,20)/t9-,11-/m0/s1. The number of carbonyl (C=O) groups is 3. The number of nitrogens with one attached hydrogen (secondary N) is 1. The van der Waals surface area contributed by atoms with Crippen molar-refractivity contribution in [1.29, 1.82) is 0 Å². The molecule has 0 saturated heterocycles. The minimum absolute atomic E-state index is 0.152. The summed E-state index contributed by atoms with van der Waals surface area (Å²) in [7, 11) is 1.28. The van der Waals surface area contributed by atoms with Crippen LogP contribution in [0.2, 0.25) is 0 Å². The number of aliphatic carboxylic acids is 1. The topological polar surface area (TPSA) is 142 Å². The average Bonchev–Trinajstić information content (AvgIpc) is 2.98. The summed E-state index contributed by atoms with van der Waals surface area (Å²) in [6.45, 7) is 0. The van der Waals surface area contributed by atoms with Crippen molar-refractivity contribution in [3.8, 4) is 0 Å². The first-order valence-electron chi connectivity index (χ1n) is 6.29. The molecular formula is C13H15N3O6. The van der Waals surface area contributed by atoms with Crippen LogP contribution in [0.15, 0.2) is 22.8 Å². The summed E-state index contributed by atoms with van der Waals surface area (Å²) < 4.78 is 10.0. The number of carbonyl (C=O) groups excluding carboxylic acids is 2. The van der Waals surface area contributed by atoms with Crippen molar-refractivity contribution < 1.29 is 33.4 Å². The molecule has 118 valence electrons. The van der Waals surface area contributed by atoms with Gasteiger partial charge in [-0.05, 0) is 18.6 Å². The van der Waals surface area contributed by atoms with Gasteiger partial charge in [0.1, 0.15) is 11.8 Å². The van der Waals surface area contributed by atoms with Crippen molar-refractivity contribution in [2.75, 3.05) is 7.11 Å². The summed E-state index contributed by atoms with van der Waals surface area (Å²) in [5.41, 5.74) is 8.20. The van der Waals surface area contributed by atoms with Gasteiger partial charge in [0.15, 0.2) is 6.10 Å². The molecule has 0 aromatic carbocycles. The van der Waals surface area contributed by atoms with Crippen LogP contribution in [0.4, 0.5) is 0 Å². The smallest absolute Gasteiger partial charge is 0.326 e. The number of rotatable bonds is 9. The zero-order valence-electron chi connectivity index (χ0n) is 11.8. The molecule has 0 fully saturated rings. The summed E-state index contributed by atoms with van der Waals surface area (Å²) in [6.07, 6.45) is 0.587. The molecule has 9 heteroatoms. The lowest BCUT2D eigenvalue weighted by atomic mass is 10.1. The van der Waals surface area contributed by atoms with E-state index in [1.54, 1.807) is 6.07 Å². The molecule has 0 aliphatic heterocycles. The molecule has 1 aromatic rings. The Balaban J connectivity index is 2.69. The highest BCUT2D eigenvalue weighted by molar-refractivity contribution is 6.25. The number of hydrogen-bond donors (Lipinski definition) is 2. The molecule has 0 radical (unpaired) electrons. The maximum atomic E-state index is 12.0. The number of furan rings is 1. The van der Waals surface area contributed by atoms with Gasteiger partial charge in [-0.2, -0.15) is 4.79 Å². The van der Waals surface area contributed by atoms with E-state index in [-0.39, 0.29) is 18.6 Å². The van der Waals surface area contributed by atoms with Crippen molar-refractivity contribution in [1.82, 2.24) is 5.32 Å². The molecule has 0 spiro atoms. The molecule has 1 rings (SSSR count). The van der Waals surface area contributed by atoms with E-state index >= 15 is 0 Å². The first-order valence-corrected chi connectivity index (χ1v) is 6.29. The SMILES string of the molecule is CO[C@H](C(=O)N[C@@H](CCC(=O)C=[N+]=[N-])C(=O)O)c1ccco1. The predicted molar refractivity (Wildman–Crippen MR) is 71.9 cm³/mol. The molecule has 0 aliphatic carbocycles. The van der Waals surface area contributed by atoms with Crippen molar-refractivity contribution >= 4 is 23.9 Å². The third-order valence-corrected chi connectivity index (χ3v) is 2.77. The van der Waals surface area contributed by atoms with E-state index < -0.39 is 29.8 Å². The summed E-state index contributed by atoms with van der Waals surface area (Å²) >= 11 is 0. The number of hydrogen-bond acceptors (Lipinski definition) is 5. The number of carboxylic acid groups (broad SMARTS) is 1. The van der Waals surface area contributed by atoms with Gasteiger partial charge in [0.2, 0.25) is 5.78 Å². The van der Waals surface area contributed by atoms with Gasteiger partial charge in [0, 0.05) is 13.5 Å². The molecule has 9 nitrogen and oxygen atoms in total. The van der Waals surface area contributed by atoms with Crippen LogP contribution in [0, 0.1) is 0 Å². The third kappa shape index (κ3) is 4.97. The lowest BCUT2D eigenvalue weighted by molar-refractivity contribution is -0.144. The largest absolute Gasteiger partial charge is 0.480 e. The molecule has 0 bridgehead atoms. The summed E-state index contributed by atoms with van der Waals surface area (Å²) in [4.78, 5) is 36.9. The Kier molecular flexibility index (Phi) is 6.68. The Bertz CT molecular complexity index is 577. The van der Waals surface area contributed by atoms with E-state index in [4.69, 9.17) is 19.8 Å². The van der Waals surface area contributed by atoms with Crippen molar-refractivity contribution in [2.24, 2.45) is 0 Å². The van der Waals surface area contributed by atoms with Crippen LogP contribution in [-0.2, 0) is 19.1 Å². The lowest BCUT2D eigenvalue weighted by Gasteiger charge is -2.17. The van der Waals surface area contributed by atoms with E-state index in [0.29, 0.717) is 6.21 Å². The number of methoxy groups -OCH3 is 1. The summed E-state index contributed by atoms with van der Waals surface area (Å²) in [6, 6.07) is 1.80. The second-order valence-corrected chi connectivity index (χ2v) is 4.28. The molecule has 0 unspecified atom stereocenters. The fourth-order valence-electron chi connectivity index (χ4n) is 1.71. The van der Waals surface area contributed by atoms with Gasteiger partial charge in [-0.25, -0.2) is 4.79 Å². The maximum Gasteiger partial charge on any atom is 0.326 e. The molecule has 0 saturated carbocycles. The van der Waals surface area contributed by atoms with Crippen LogP contribution in [0.25, 0.3) is 5.53 Å². The summed E-state index contributed by atoms with van der Waals surface area (Å²) in [5.74, 6) is -2.32. The van der Waals surface area contributed by atoms with Gasteiger partial charge in [-0.1, -0.05) is 0 Å². The molecule has 2 atom stereocenters. The van der Waals surface area contributed by atoms with Crippen LogP contribution >= 0.6 is 0 Å². The third-order valence-electron chi connectivity index (χ3n) is 2.77. The fourth-order valence-corrected chi connectivity index (χ4v) is 1.71. The van der Waals surface area contributed by atoms with Gasteiger partial charge in [-0.15, -0.1) is 0 Å². The summed E-state index contributed by atoms with van der Waals surface area (Å²) in [5, 5.41) is 11.3. The van der Waals surface area contributed by atoms with Gasteiger partial charge >= 0.3 is 12.2 Å². The molecule has 2 N–H and O–H groups in total. The van der Waals surface area contributed by atoms with Crippen LogP contribution < -0.4 is 5.32 Å². The number of ether oxygens (including phenoxy) is 1. The lowest BCUT2D eigenvalue weighted by Crippen LogP contribution is -2.43. The Labute approximate surface area is 125 Å².